The molecule has 1 aliphatic heterocycles. The summed E-state index contributed by atoms with van der Waals surface area (Å²) in [7, 11) is 0. The molecular formula is C17H16FNO4S. The molecule has 0 unspecified atom stereocenters. The van der Waals surface area contributed by atoms with Crippen LogP contribution in [0.1, 0.15) is 23.2 Å². The molecule has 0 bridgehead atoms. The highest BCUT2D eigenvalue weighted by atomic mass is 32.1. The third-order valence-electron chi connectivity index (χ3n) is 4.13. The van der Waals surface area contributed by atoms with Crippen molar-refractivity contribution in [2.45, 2.75) is 18.4 Å². The van der Waals surface area contributed by atoms with E-state index in [1.807, 2.05) is 5.38 Å². The van der Waals surface area contributed by atoms with Crippen LogP contribution in [0.25, 0.3) is 0 Å². The topological polar surface area (TPSA) is 66.8 Å². The van der Waals surface area contributed by atoms with E-state index >= 15 is 0 Å². The molecule has 1 fully saturated rings. The number of ether oxygens (including phenoxy) is 1. The fourth-order valence-corrected chi connectivity index (χ4v) is 3.39. The van der Waals surface area contributed by atoms with E-state index in [4.69, 9.17) is 4.74 Å². The predicted octanol–water partition coefficient (Wildman–Crippen LogP) is 3.03. The van der Waals surface area contributed by atoms with Crippen molar-refractivity contribution in [1.82, 2.24) is 4.90 Å². The van der Waals surface area contributed by atoms with Crippen LogP contribution in [0.2, 0.25) is 0 Å². The average molecular weight is 349 g/mol. The number of piperidine rings is 1. The molecule has 1 amide bonds. The van der Waals surface area contributed by atoms with Gasteiger partial charge < -0.3 is 14.7 Å². The number of hydrogen-bond donors (Lipinski definition) is 1. The highest BCUT2D eigenvalue weighted by molar-refractivity contribution is 7.08. The number of aliphatic carboxylic acids is 1. The average Bonchev–Trinajstić information content (AvgIpc) is 3.09. The van der Waals surface area contributed by atoms with Gasteiger partial charge in [-0.3, -0.25) is 4.79 Å². The first-order chi connectivity index (χ1) is 11.5. The molecule has 2 heterocycles. The Kier molecular flexibility index (Phi) is 4.53. The Morgan fingerprint density at radius 2 is 2.00 bits per heavy atom. The zero-order valence-corrected chi connectivity index (χ0v) is 13.6. The quantitative estimate of drug-likeness (QED) is 0.921. The van der Waals surface area contributed by atoms with E-state index in [2.05, 4.69) is 0 Å². The van der Waals surface area contributed by atoms with Crippen molar-refractivity contribution in [3.63, 3.8) is 0 Å². The van der Waals surface area contributed by atoms with E-state index in [0.717, 1.165) is 6.07 Å². The summed E-state index contributed by atoms with van der Waals surface area (Å²) in [6.45, 7) is 0.548. The van der Waals surface area contributed by atoms with E-state index in [9.17, 15) is 19.1 Å². The summed E-state index contributed by atoms with van der Waals surface area (Å²) < 4.78 is 18.9. The number of thiophene rings is 1. The summed E-state index contributed by atoms with van der Waals surface area (Å²) in [5.41, 5.74) is -0.840. The Morgan fingerprint density at radius 3 is 2.58 bits per heavy atom. The number of carbonyl (C=O) groups is 2. The maximum Gasteiger partial charge on any atom is 0.348 e. The molecular weight excluding hydrogens is 333 g/mol. The summed E-state index contributed by atoms with van der Waals surface area (Å²) in [6.07, 6.45) is 0.295. The van der Waals surface area contributed by atoms with Gasteiger partial charge in [-0.15, -0.1) is 0 Å². The SMILES string of the molecule is O=C(c1ccsc1)N1CCC(Oc2cccc(F)c2)(C(=O)O)CC1. The van der Waals surface area contributed by atoms with Crippen LogP contribution < -0.4 is 4.74 Å². The molecule has 0 atom stereocenters. The van der Waals surface area contributed by atoms with Gasteiger partial charge in [-0.1, -0.05) is 6.07 Å². The van der Waals surface area contributed by atoms with Crippen LogP contribution in [-0.4, -0.2) is 40.6 Å². The molecule has 3 rings (SSSR count). The summed E-state index contributed by atoms with van der Waals surface area (Å²) in [4.78, 5) is 25.7. The minimum absolute atomic E-state index is 0.110. The lowest BCUT2D eigenvalue weighted by molar-refractivity contribution is -0.159. The molecule has 0 saturated carbocycles. The van der Waals surface area contributed by atoms with Crippen molar-refractivity contribution >= 4 is 23.2 Å². The van der Waals surface area contributed by atoms with E-state index in [-0.39, 0.29) is 37.6 Å². The molecule has 1 aromatic heterocycles. The van der Waals surface area contributed by atoms with Gasteiger partial charge in [0.15, 0.2) is 0 Å². The Morgan fingerprint density at radius 1 is 1.25 bits per heavy atom. The van der Waals surface area contributed by atoms with Gasteiger partial charge in [0.2, 0.25) is 5.60 Å². The molecule has 1 N–H and O–H groups in total. The second kappa shape index (κ2) is 6.60. The number of carboxylic acid groups (broad SMARTS) is 1. The number of carbonyl (C=O) groups excluding carboxylic acids is 1. The van der Waals surface area contributed by atoms with E-state index in [1.165, 1.54) is 29.5 Å². The maximum atomic E-state index is 13.3. The molecule has 7 heteroatoms. The van der Waals surface area contributed by atoms with Crippen molar-refractivity contribution in [2.24, 2.45) is 0 Å². The van der Waals surface area contributed by atoms with Gasteiger partial charge in [-0.25, -0.2) is 9.18 Å². The zero-order chi connectivity index (χ0) is 17.2. The van der Waals surface area contributed by atoms with Crippen LogP contribution in [0, 0.1) is 5.82 Å². The van der Waals surface area contributed by atoms with Crippen LogP contribution in [0.4, 0.5) is 4.39 Å². The van der Waals surface area contributed by atoms with Crippen LogP contribution in [0.15, 0.2) is 41.1 Å². The predicted molar refractivity (Wildman–Crippen MR) is 86.9 cm³/mol. The highest BCUT2D eigenvalue weighted by Gasteiger charge is 2.45. The Hall–Kier alpha value is -2.41. The second-order valence-corrected chi connectivity index (χ2v) is 6.44. The number of amides is 1. The molecule has 1 saturated heterocycles. The van der Waals surface area contributed by atoms with Crippen molar-refractivity contribution in [3.05, 3.63) is 52.5 Å². The van der Waals surface area contributed by atoms with E-state index in [1.54, 1.807) is 16.3 Å². The summed E-state index contributed by atoms with van der Waals surface area (Å²) in [5.74, 6) is -1.52. The molecule has 1 aliphatic rings. The van der Waals surface area contributed by atoms with Crippen molar-refractivity contribution in [3.8, 4) is 5.75 Å². The number of halogens is 1. The molecule has 24 heavy (non-hydrogen) atoms. The Balaban J connectivity index is 1.72. The smallest absolute Gasteiger partial charge is 0.348 e. The first-order valence-corrected chi connectivity index (χ1v) is 8.44. The maximum absolute atomic E-state index is 13.3. The standard InChI is InChI=1S/C17H16FNO4S/c18-13-2-1-3-14(10-13)23-17(16(21)22)5-7-19(8-6-17)15(20)12-4-9-24-11-12/h1-4,9-11H,5-8H2,(H,21,22). The summed E-state index contributed by atoms with van der Waals surface area (Å²) >= 11 is 1.44. The lowest BCUT2D eigenvalue weighted by atomic mass is 9.90. The largest absolute Gasteiger partial charge is 0.478 e. The fourth-order valence-electron chi connectivity index (χ4n) is 2.76. The molecule has 126 valence electrons. The van der Waals surface area contributed by atoms with Crippen LogP contribution in [-0.2, 0) is 4.79 Å². The molecule has 0 spiro atoms. The third kappa shape index (κ3) is 3.26. The molecule has 0 radical (unpaired) electrons. The summed E-state index contributed by atoms with van der Waals surface area (Å²) in [6, 6.07) is 7.16. The first kappa shape index (κ1) is 16.4. The van der Waals surface area contributed by atoms with Gasteiger partial charge >= 0.3 is 5.97 Å². The van der Waals surface area contributed by atoms with Crippen molar-refractivity contribution in [2.75, 3.05) is 13.1 Å². The van der Waals surface area contributed by atoms with Crippen LogP contribution in [0.5, 0.6) is 5.75 Å². The zero-order valence-electron chi connectivity index (χ0n) is 12.8. The molecule has 5 nitrogen and oxygen atoms in total. The van der Waals surface area contributed by atoms with Gasteiger partial charge in [0.1, 0.15) is 11.6 Å². The third-order valence-corrected chi connectivity index (χ3v) is 4.81. The van der Waals surface area contributed by atoms with E-state index < -0.39 is 17.4 Å². The number of nitrogens with zero attached hydrogens (tertiary/aromatic N) is 1. The fraction of sp³-hybridized carbons (Fsp3) is 0.294. The lowest BCUT2D eigenvalue weighted by Gasteiger charge is -2.38. The van der Waals surface area contributed by atoms with Gasteiger partial charge in [0, 0.05) is 37.4 Å². The monoisotopic (exact) mass is 349 g/mol. The number of benzene rings is 1. The molecule has 0 aliphatic carbocycles. The first-order valence-electron chi connectivity index (χ1n) is 7.50. The Labute approximate surface area is 142 Å². The number of carboxylic acids is 1. The second-order valence-electron chi connectivity index (χ2n) is 5.66. The van der Waals surface area contributed by atoms with Gasteiger partial charge in [0.05, 0.1) is 5.56 Å². The van der Waals surface area contributed by atoms with E-state index in [0.29, 0.717) is 5.56 Å². The van der Waals surface area contributed by atoms with Crippen LogP contribution >= 0.6 is 11.3 Å². The number of likely N-dealkylation sites (tertiary alicyclic amines) is 1. The normalized spacial score (nSPS) is 16.6. The Bertz CT molecular complexity index is 739. The van der Waals surface area contributed by atoms with Crippen molar-refractivity contribution < 1.29 is 23.8 Å². The summed E-state index contributed by atoms with van der Waals surface area (Å²) in [5, 5.41) is 13.2. The molecule has 1 aromatic carbocycles. The minimum Gasteiger partial charge on any atom is -0.478 e. The highest BCUT2D eigenvalue weighted by Crippen LogP contribution is 2.30. The van der Waals surface area contributed by atoms with Crippen LogP contribution in [0.3, 0.4) is 0 Å². The van der Waals surface area contributed by atoms with Gasteiger partial charge in [-0.2, -0.15) is 11.3 Å². The number of rotatable bonds is 4. The minimum atomic E-state index is -1.45. The van der Waals surface area contributed by atoms with Gasteiger partial charge in [-0.05, 0) is 23.6 Å². The van der Waals surface area contributed by atoms with Crippen molar-refractivity contribution in [1.29, 1.82) is 0 Å². The molecule has 2 aromatic rings. The lowest BCUT2D eigenvalue weighted by Crippen LogP contribution is -2.54. The van der Waals surface area contributed by atoms with Gasteiger partial charge in [0.25, 0.3) is 5.91 Å². The number of hydrogen-bond acceptors (Lipinski definition) is 4.